The van der Waals surface area contributed by atoms with E-state index in [2.05, 4.69) is 15.0 Å². The van der Waals surface area contributed by atoms with E-state index in [1.807, 2.05) is 20.8 Å². The summed E-state index contributed by atoms with van der Waals surface area (Å²) >= 11 is 0. The molecule has 1 aromatic heterocycles. The van der Waals surface area contributed by atoms with Gasteiger partial charge in [0.25, 0.3) is 0 Å². The summed E-state index contributed by atoms with van der Waals surface area (Å²) in [7, 11) is -3.86. The average molecular weight is 314 g/mol. The Labute approximate surface area is 125 Å². The third-order valence-corrected chi connectivity index (χ3v) is 4.17. The summed E-state index contributed by atoms with van der Waals surface area (Å²) in [5, 5.41) is 2.72. The molecule has 0 aliphatic rings. The highest BCUT2D eigenvalue weighted by Crippen LogP contribution is 2.13. The molecule has 7 nitrogen and oxygen atoms in total. The minimum atomic E-state index is -3.86. The third kappa shape index (κ3) is 5.07. The first kappa shape index (κ1) is 17.5. The summed E-state index contributed by atoms with van der Waals surface area (Å²) in [5.74, 6) is -0.399. The first-order chi connectivity index (χ1) is 9.57. The molecule has 1 rings (SSSR count). The molecule has 0 radical (unpaired) electrons. The van der Waals surface area contributed by atoms with Crippen molar-refractivity contribution in [2.75, 3.05) is 0 Å². The van der Waals surface area contributed by atoms with Gasteiger partial charge >= 0.3 is 0 Å². The van der Waals surface area contributed by atoms with Gasteiger partial charge in [-0.2, -0.15) is 4.72 Å². The van der Waals surface area contributed by atoms with Crippen molar-refractivity contribution < 1.29 is 13.2 Å². The van der Waals surface area contributed by atoms with Gasteiger partial charge in [-0.3, -0.25) is 9.78 Å². The molecule has 1 heterocycles. The van der Waals surface area contributed by atoms with Crippen LogP contribution in [0, 0.1) is 0 Å². The van der Waals surface area contributed by atoms with Crippen LogP contribution < -0.4 is 15.8 Å². The Morgan fingerprint density at radius 3 is 2.57 bits per heavy atom. The van der Waals surface area contributed by atoms with Gasteiger partial charge in [0.15, 0.2) is 0 Å². The number of rotatable bonds is 5. The van der Waals surface area contributed by atoms with E-state index in [9.17, 15) is 13.2 Å². The fraction of sp³-hybridized carbons (Fsp3) is 0.538. The maximum absolute atomic E-state index is 12.3. The topological polar surface area (TPSA) is 114 Å². The van der Waals surface area contributed by atoms with Crippen molar-refractivity contribution in [3.63, 3.8) is 0 Å². The van der Waals surface area contributed by atoms with Crippen LogP contribution in [0.3, 0.4) is 0 Å². The van der Waals surface area contributed by atoms with E-state index in [4.69, 9.17) is 5.73 Å². The quantitative estimate of drug-likeness (QED) is 0.714. The maximum atomic E-state index is 12.3. The number of hydrogen-bond donors (Lipinski definition) is 3. The maximum Gasteiger partial charge on any atom is 0.243 e. The molecule has 0 spiro atoms. The van der Waals surface area contributed by atoms with Crippen molar-refractivity contribution >= 4 is 15.9 Å². The number of pyridine rings is 1. The number of sulfonamides is 1. The lowest BCUT2D eigenvalue weighted by Crippen LogP contribution is -2.50. The summed E-state index contributed by atoms with van der Waals surface area (Å²) in [6, 6.07) is 2.01. The number of nitrogens with one attached hydrogen (secondary N) is 2. The van der Waals surface area contributed by atoms with Gasteiger partial charge in [-0.05, 0) is 39.8 Å². The second kappa shape index (κ2) is 6.50. The number of nitrogens with zero attached hydrogens (tertiary/aromatic N) is 1. The van der Waals surface area contributed by atoms with Crippen molar-refractivity contribution in [1.82, 2.24) is 15.0 Å². The number of nitrogens with two attached hydrogens (primary N) is 1. The van der Waals surface area contributed by atoms with Crippen LogP contribution in [0.5, 0.6) is 0 Å². The minimum Gasteiger partial charge on any atom is -0.350 e. The number of amides is 1. The summed E-state index contributed by atoms with van der Waals surface area (Å²) in [5.41, 5.74) is 5.31. The van der Waals surface area contributed by atoms with E-state index in [-0.39, 0.29) is 17.1 Å². The predicted octanol–water partition coefficient (Wildman–Crippen LogP) is 0.122. The van der Waals surface area contributed by atoms with Crippen LogP contribution in [0.25, 0.3) is 0 Å². The fourth-order valence-electron chi connectivity index (χ4n) is 1.65. The van der Waals surface area contributed by atoms with Crippen molar-refractivity contribution in [1.29, 1.82) is 0 Å². The highest BCUT2D eigenvalue weighted by Gasteiger charge is 2.26. The molecule has 1 unspecified atom stereocenters. The molecule has 1 amide bonds. The SMILES string of the molecule is CC(NS(=O)(=O)c1cccnc1CN)C(=O)NC(C)(C)C. The third-order valence-electron chi connectivity index (χ3n) is 2.55. The molecule has 1 atom stereocenters. The zero-order valence-electron chi connectivity index (χ0n) is 12.7. The van der Waals surface area contributed by atoms with Gasteiger partial charge in [-0.15, -0.1) is 0 Å². The molecule has 0 bridgehead atoms. The summed E-state index contributed by atoms with van der Waals surface area (Å²) in [4.78, 5) is 15.9. The van der Waals surface area contributed by atoms with Crippen molar-refractivity contribution in [2.45, 2.75) is 50.7 Å². The van der Waals surface area contributed by atoms with Crippen LogP contribution in [0.15, 0.2) is 23.2 Å². The molecule has 0 aromatic carbocycles. The minimum absolute atomic E-state index is 0.000345. The Hall–Kier alpha value is -1.51. The van der Waals surface area contributed by atoms with Gasteiger partial charge < -0.3 is 11.1 Å². The molecular formula is C13H22N4O3S. The largest absolute Gasteiger partial charge is 0.350 e. The smallest absolute Gasteiger partial charge is 0.243 e. The van der Waals surface area contributed by atoms with Crippen molar-refractivity contribution in [3.8, 4) is 0 Å². The number of carbonyl (C=O) groups is 1. The Morgan fingerprint density at radius 2 is 2.05 bits per heavy atom. The van der Waals surface area contributed by atoms with Crippen LogP contribution in [-0.4, -0.2) is 30.9 Å². The lowest BCUT2D eigenvalue weighted by Gasteiger charge is -2.23. The highest BCUT2D eigenvalue weighted by molar-refractivity contribution is 7.89. The van der Waals surface area contributed by atoms with Crippen LogP contribution in [0.4, 0.5) is 0 Å². The Balaban J connectivity index is 2.93. The van der Waals surface area contributed by atoms with Gasteiger partial charge in [0, 0.05) is 18.3 Å². The molecule has 118 valence electrons. The fourth-order valence-corrected chi connectivity index (χ4v) is 3.05. The number of hydrogen-bond acceptors (Lipinski definition) is 5. The molecule has 1 aromatic rings. The molecule has 0 saturated heterocycles. The first-order valence-electron chi connectivity index (χ1n) is 6.55. The molecule has 4 N–H and O–H groups in total. The van der Waals surface area contributed by atoms with Gasteiger partial charge in [0.1, 0.15) is 4.90 Å². The molecular weight excluding hydrogens is 292 g/mol. The molecule has 8 heteroatoms. The second-order valence-corrected chi connectivity index (χ2v) is 7.42. The first-order valence-corrected chi connectivity index (χ1v) is 8.03. The van der Waals surface area contributed by atoms with Gasteiger partial charge in [-0.25, -0.2) is 8.42 Å². The van der Waals surface area contributed by atoms with Gasteiger partial charge in [0.05, 0.1) is 11.7 Å². The number of aromatic nitrogens is 1. The Morgan fingerprint density at radius 1 is 1.43 bits per heavy atom. The van der Waals surface area contributed by atoms with Gasteiger partial charge in [0.2, 0.25) is 15.9 Å². The summed E-state index contributed by atoms with van der Waals surface area (Å²) in [6.07, 6.45) is 1.47. The summed E-state index contributed by atoms with van der Waals surface area (Å²) < 4.78 is 26.9. The van der Waals surface area contributed by atoms with Crippen LogP contribution in [0.1, 0.15) is 33.4 Å². The lowest BCUT2D eigenvalue weighted by molar-refractivity contribution is -0.123. The number of carbonyl (C=O) groups excluding carboxylic acids is 1. The zero-order valence-corrected chi connectivity index (χ0v) is 13.5. The highest BCUT2D eigenvalue weighted by atomic mass is 32.2. The van der Waals surface area contributed by atoms with E-state index in [0.29, 0.717) is 0 Å². The van der Waals surface area contributed by atoms with E-state index in [1.54, 1.807) is 0 Å². The molecule has 0 aliphatic carbocycles. The van der Waals surface area contributed by atoms with Crippen LogP contribution >= 0.6 is 0 Å². The Kier molecular flexibility index (Phi) is 5.43. The monoisotopic (exact) mass is 314 g/mol. The zero-order chi connectivity index (χ0) is 16.3. The second-order valence-electron chi connectivity index (χ2n) is 5.73. The van der Waals surface area contributed by atoms with E-state index >= 15 is 0 Å². The molecule has 21 heavy (non-hydrogen) atoms. The van der Waals surface area contributed by atoms with Crippen LogP contribution in [-0.2, 0) is 21.4 Å². The van der Waals surface area contributed by atoms with Crippen LogP contribution in [0.2, 0.25) is 0 Å². The predicted molar refractivity (Wildman–Crippen MR) is 79.8 cm³/mol. The van der Waals surface area contributed by atoms with Crippen molar-refractivity contribution in [2.24, 2.45) is 5.73 Å². The average Bonchev–Trinajstić information content (AvgIpc) is 2.36. The standard InChI is InChI=1S/C13H22N4O3S/c1-9(12(18)16-13(2,3)4)17-21(19,20)11-6-5-7-15-10(11)8-14/h5-7,9,17H,8,14H2,1-4H3,(H,16,18). The molecule has 0 fully saturated rings. The van der Waals surface area contributed by atoms with E-state index in [1.165, 1.54) is 25.3 Å². The molecule has 0 aliphatic heterocycles. The Bertz CT molecular complexity index is 608. The van der Waals surface area contributed by atoms with Crippen molar-refractivity contribution in [3.05, 3.63) is 24.0 Å². The molecule has 0 saturated carbocycles. The van der Waals surface area contributed by atoms with E-state index in [0.717, 1.165) is 0 Å². The van der Waals surface area contributed by atoms with Gasteiger partial charge in [-0.1, -0.05) is 0 Å². The summed E-state index contributed by atoms with van der Waals surface area (Å²) in [6.45, 7) is 6.94. The van der Waals surface area contributed by atoms with E-state index < -0.39 is 27.5 Å². The normalized spacial score (nSPS) is 13.8. The lowest BCUT2D eigenvalue weighted by atomic mass is 10.1.